The van der Waals surface area contributed by atoms with Gasteiger partial charge in [0.2, 0.25) is 5.78 Å². The Morgan fingerprint density at radius 3 is 2.55 bits per heavy atom. The Bertz CT molecular complexity index is 744. The van der Waals surface area contributed by atoms with Crippen molar-refractivity contribution >= 4 is 17.3 Å². The predicted molar refractivity (Wildman–Crippen MR) is 70.0 cm³/mol. The van der Waals surface area contributed by atoms with E-state index in [2.05, 4.69) is 10.3 Å². The van der Waals surface area contributed by atoms with Crippen molar-refractivity contribution in [2.24, 2.45) is 0 Å². The number of fused-ring (bicyclic) bond motifs is 1. The molecule has 2 aromatic rings. The van der Waals surface area contributed by atoms with Gasteiger partial charge in [0.15, 0.2) is 5.78 Å². The molecule has 0 fully saturated rings. The van der Waals surface area contributed by atoms with Crippen LogP contribution in [0.1, 0.15) is 39.4 Å². The first kappa shape index (κ1) is 12.4. The second-order valence-electron chi connectivity index (χ2n) is 4.53. The lowest BCUT2D eigenvalue weighted by Gasteiger charge is -2.14. The fraction of sp³-hybridized carbons (Fsp3) is 0.143. The van der Waals surface area contributed by atoms with Crippen molar-refractivity contribution in [3.63, 3.8) is 0 Å². The van der Waals surface area contributed by atoms with Gasteiger partial charge in [-0.3, -0.25) is 9.59 Å². The quantitative estimate of drug-likeness (QED) is 0.886. The van der Waals surface area contributed by atoms with Crippen molar-refractivity contribution in [1.82, 2.24) is 15.0 Å². The molecule has 1 atom stereocenters. The molecule has 6 nitrogen and oxygen atoms in total. The average molecular weight is 269 g/mol. The first-order valence-electron chi connectivity index (χ1n) is 6.08. The summed E-state index contributed by atoms with van der Waals surface area (Å²) in [6, 6.07) is 6.64. The largest absolute Gasteiger partial charge is 0.387 e. The maximum atomic E-state index is 12.4. The lowest BCUT2D eigenvalue weighted by atomic mass is 9.93. The normalized spacial score (nSPS) is 15.8. The molecule has 100 valence electrons. The molecule has 0 amide bonds. The van der Waals surface area contributed by atoms with E-state index < -0.39 is 6.10 Å². The van der Waals surface area contributed by atoms with Gasteiger partial charge in [0.25, 0.3) is 0 Å². The van der Waals surface area contributed by atoms with Crippen molar-refractivity contribution in [2.45, 2.75) is 13.0 Å². The summed E-state index contributed by atoms with van der Waals surface area (Å²) in [7, 11) is 0. The first-order chi connectivity index (χ1) is 9.58. The zero-order valence-electron chi connectivity index (χ0n) is 10.6. The summed E-state index contributed by atoms with van der Waals surface area (Å²) in [5, 5.41) is 17.0. The van der Waals surface area contributed by atoms with Crippen LogP contribution in [0.15, 0.2) is 36.5 Å². The van der Waals surface area contributed by atoms with Crippen LogP contribution >= 0.6 is 0 Å². The summed E-state index contributed by atoms with van der Waals surface area (Å²) >= 11 is 0. The molecule has 0 unspecified atom stereocenters. The van der Waals surface area contributed by atoms with Crippen LogP contribution in [0, 0.1) is 0 Å². The third kappa shape index (κ3) is 1.86. The third-order valence-electron chi connectivity index (χ3n) is 3.12. The number of aliphatic hydroxyl groups is 1. The van der Waals surface area contributed by atoms with Gasteiger partial charge in [-0.15, -0.1) is 5.10 Å². The van der Waals surface area contributed by atoms with Crippen LogP contribution in [0.25, 0.3) is 5.70 Å². The minimum atomic E-state index is -0.786. The van der Waals surface area contributed by atoms with Gasteiger partial charge in [0.05, 0.1) is 12.3 Å². The maximum Gasteiger partial charge on any atom is 0.212 e. The molecule has 1 aliphatic carbocycles. The van der Waals surface area contributed by atoms with Gasteiger partial charge in [0, 0.05) is 17.2 Å². The van der Waals surface area contributed by atoms with E-state index >= 15 is 0 Å². The van der Waals surface area contributed by atoms with Crippen molar-refractivity contribution in [3.8, 4) is 0 Å². The minimum Gasteiger partial charge on any atom is -0.387 e. The molecule has 1 N–H and O–H groups in total. The van der Waals surface area contributed by atoms with E-state index in [4.69, 9.17) is 0 Å². The second kappa shape index (κ2) is 4.50. The number of allylic oxidation sites excluding steroid dienone is 2. The molecule has 0 spiro atoms. The highest BCUT2D eigenvalue weighted by atomic mass is 16.3. The zero-order valence-corrected chi connectivity index (χ0v) is 10.6. The molecule has 20 heavy (non-hydrogen) atoms. The van der Waals surface area contributed by atoms with Crippen molar-refractivity contribution in [3.05, 3.63) is 53.4 Å². The molecule has 1 aromatic heterocycles. The molecule has 1 heterocycles. The maximum absolute atomic E-state index is 12.4. The SMILES string of the molecule is C[C@H](O)c1cn(C2=CC(=O)c3ccccc3C2=O)nn1. The molecular weight excluding hydrogens is 258 g/mol. The van der Waals surface area contributed by atoms with Crippen LogP contribution in [0.5, 0.6) is 0 Å². The molecule has 3 rings (SSSR count). The molecule has 0 saturated carbocycles. The van der Waals surface area contributed by atoms with E-state index in [1.807, 2.05) is 0 Å². The molecule has 0 bridgehead atoms. The Balaban J connectivity index is 2.07. The summed E-state index contributed by atoms with van der Waals surface area (Å²) in [4.78, 5) is 24.4. The fourth-order valence-corrected chi connectivity index (χ4v) is 2.06. The number of hydrogen-bond acceptors (Lipinski definition) is 5. The van der Waals surface area contributed by atoms with Crippen LogP contribution < -0.4 is 0 Å². The molecule has 0 radical (unpaired) electrons. The van der Waals surface area contributed by atoms with Crippen LogP contribution in [-0.4, -0.2) is 31.7 Å². The number of benzene rings is 1. The topological polar surface area (TPSA) is 85.1 Å². The number of hydrogen-bond donors (Lipinski definition) is 1. The summed E-state index contributed by atoms with van der Waals surface area (Å²) < 4.78 is 1.22. The van der Waals surface area contributed by atoms with E-state index in [0.717, 1.165) is 0 Å². The molecular formula is C14H11N3O3. The van der Waals surface area contributed by atoms with Gasteiger partial charge in [-0.05, 0) is 6.92 Å². The number of Topliss-reactive ketones (excluding diaryl/α,β-unsaturated/α-hetero) is 1. The van der Waals surface area contributed by atoms with Crippen LogP contribution in [0.3, 0.4) is 0 Å². The molecule has 6 heteroatoms. The number of carbonyl (C=O) groups excluding carboxylic acids is 2. The summed E-state index contributed by atoms with van der Waals surface area (Å²) in [5.74, 6) is -0.536. The van der Waals surface area contributed by atoms with Crippen LogP contribution in [0.4, 0.5) is 0 Å². The average Bonchev–Trinajstić information content (AvgIpc) is 2.93. The Morgan fingerprint density at radius 1 is 1.20 bits per heavy atom. The predicted octanol–water partition coefficient (Wildman–Crippen LogP) is 1.25. The van der Waals surface area contributed by atoms with Gasteiger partial charge in [-0.1, -0.05) is 29.5 Å². The van der Waals surface area contributed by atoms with Crippen LogP contribution in [0.2, 0.25) is 0 Å². The summed E-state index contributed by atoms with van der Waals surface area (Å²) in [6.45, 7) is 1.55. The highest BCUT2D eigenvalue weighted by Gasteiger charge is 2.27. The van der Waals surface area contributed by atoms with Crippen molar-refractivity contribution in [1.29, 1.82) is 0 Å². The number of aliphatic hydroxyl groups excluding tert-OH is 1. The smallest absolute Gasteiger partial charge is 0.212 e. The molecule has 0 aliphatic heterocycles. The highest BCUT2D eigenvalue weighted by molar-refractivity contribution is 6.35. The van der Waals surface area contributed by atoms with E-state index in [0.29, 0.717) is 16.8 Å². The van der Waals surface area contributed by atoms with Gasteiger partial charge in [-0.25, -0.2) is 4.68 Å². The Kier molecular flexibility index (Phi) is 2.80. The zero-order chi connectivity index (χ0) is 14.3. The lowest BCUT2D eigenvalue weighted by Crippen LogP contribution is -2.19. The minimum absolute atomic E-state index is 0.133. The Hall–Kier alpha value is -2.60. The number of ketones is 2. The van der Waals surface area contributed by atoms with Gasteiger partial charge in [-0.2, -0.15) is 0 Å². The Morgan fingerprint density at radius 2 is 1.90 bits per heavy atom. The summed E-state index contributed by atoms with van der Waals surface area (Å²) in [6.07, 6.45) is 1.90. The van der Waals surface area contributed by atoms with Gasteiger partial charge < -0.3 is 5.11 Å². The fourth-order valence-electron chi connectivity index (χ4n) is 2.06. The van der Waals surface area contributed by atoms with E-state index in [1.54, 1.807) is 31.2 Å². The van der Waals surface area contributed by atoms with Crippen molar-refractivity contribution in [2.75, 3.05) is 0 Å². The van der Waals surface area contributed by atoms with E-state index in [-0.39, 0.29) is 17.3 Å². The molecule has 0 saturated heterocycles. The number of rotatable bonds is 2. The van der Waals surface area contributed by atoms with Gasteiger partial charge in [0.1, 0.15) is 11.4 Å². The monoisotopic (exact) mass is 269 g/mol. The number of aromatic nitrogens is 3. The highest BCUT2D eigenvalue weighted by Crippen LogP contribution is 2.23. The number of nitrogens with zero attached hydrogens (tertiary/aromatic N) is 3. The Labute approximate surface area is 114 Å². The molecule has 1 aliphatic rings. The number of carbonyl (C=O) groups is 2. The van der Waals surface area contributed by atoms with E-state index in [1.165, 1.54) is 17.0 Å². The molecule has 1 aromatic carbocycles. The first-order valence-corrected chi connectivity index (χ1v) is 6.08. The second-order valence-corrected chi connectivity index (χ2v) is 4.53. The standard InChI is InChI=1S/C14H11N3O3/c1-8(18)11-7-17(16-15-11)12-6-13(19)9-4-2-3-5-10(9)14(12)20/h2-8,18H,1H3/t8-/m0/s1. The lowest BCUT2D eigenvalue weighted by molar-refractivity contribution is 0.0996. The van der Waals surface area contributed by atoms with Gasteiger partial charge >= 0.3 is 0 Å². The third-order valence-corrected chi connectivity index (χ3v) is 3.12. The summed E-state index contributed by atoms with van der Waals surface area (Å²) in [5.41, 5.74) is 1.21. The van der Waals surface area contributed by atoms with Crippen LogP contribution in [-0.2, 0) is 0 Å². The van der Waals surface area contributed by atoms with E-state index in [9.17, 15) is 14.7 Å². The van der Waals surface area contributed by atoms with Crippen molar-refractivity contribution < 1.29 is 14.7 Å².